The fourth-order valence-corrected chi connectivity index (χ4v) is 4.14. The van der Waals surface area contributed by atoms with E-state index in [2.05, 4.69) is 0 Å². The summed E-state index contributed by atoms with van der Waals surface area (Å²) in [7, 11) is 0. The molecule has 0 amide bonds. The van der Waals surface area contributed by atoms with Gasteiger partial charge in [0.25, 0.3) is 0 Å². The summed E-state index contributed by atoms with van der Waals surface area (Å²) in [5.74, 6) is 0. The van der Waals surface area contributed by atoms with Gasteiger partial charge in [0.05, 0.1) is 16.5 Å². The second-order valence-electron chi connectivity index (χ2n) is 7.33. The quantitative estimate of drug-likeness (QED) is 0.278. The maximum absolute atomic E-state index is 13.0. The third-order valence-corrected chi connectivity index (χ3v) is 5.58. The number of benzene rings is 3. The van der Waals surface area contributed by atoms with Crippen molar-refractivity contribution in [3.05, 3.63) is 105 Å². The van der Waals surface area contributed by atoms with E-state index in [1.165, 1.54) is 0 Å². The third-order valence-electron chi connectivity index (χ3n) is 5.58. The zero-order valence-electron chi connectivity index (χ0n) is 16.6. The number of rotatable bonds is 2. The first kappa shape index (κ1) is 18.1. The van der Waals surface area contributed by atoms with E-state index in [9.17, 15) is 9.59 Å². The van der Waals surface area contributed by atoms with Crippen LogP contribution in [-0.2, 0) is 0 Å². The lowest BCUT2D eigenvalue weighted by atomic mass is 9.95. The van der Waals surface area contributed by atoms with Crippen LogP contribution in [0.25, 0.3) is 44.2 Å². The molecule has 0 N–H and O–H groups in total. The molecule has 5 aromatic rings. The van der Waals surface area contributed by atoms with E-state index in [0.717, 1.165) is 27.6 Å². The van der Waals surface area contributed by atoms with Gasteiger partial charge in [0.15, 0.2) is 0 Å². The molecule has 4 nitrogen and oxygen atoms in total. The molecule has 0 saturated carbocycles. The van der Waals surface area contributed by atoms with E-state index in [1.54, 1.807) is 6.07 Å². The van der Waals surface area contributed by atoms with Gasteiger partial charge in [-0.15, -0.1) is 0 Å². The molecule has 0 aliphatic carbocycles. The lowest BCUT2D eigenvalue weighted by molar-refractivity contribution is 0.553. The number of hydrogen-bond donors (Lipinski definition) is 0. The van der Waals surface area contributed by atoms with Crippen LogP contribution in [0, 0.1) is 13.8 Å². The van der Waals surface area contributed by atoms with E-state index < -0.39 is 11.3 Å². The molecule has 30 heavy (non-hydrogen) atoms. The van der Waals surface area contributed by atoms with Crippen molar-refractivity contribution >= 4 is 21.9 Å². The van der Waals surface area contributed by atoms with Crippen LogP contribution in [0.3, 0.4) is 0 Å². The van der Waals surface area contributed by atoms with E-state index in [0.29, 0.717) is 27.7 Å². The van der Waals surface area contributed by atoms with Crippen molar-refractivity contribution in [1.29, 1.82) is 0 Å². The van der Waals surface area contributed by atoms with Crippen molar-refractivity contribution in [2.24, 2.45) is 0 Å². The van der Waals surface area contributed by atoms with Gasteiger partial charge in [0, 0.05) is 5.39 Å². The lowest BCUT2D eigenvalue weighted by Crippen LogP contribution is -2.09. The Kier molecular flexibility index (Phi) is 4.14. The smallest absolute Gasteiger partial charge is 0.344 e. The highest BCUT2D eigenvalue weighted by Crippen LogP contribution is 2.35. The normalized spacial score (nSPS) is 11.3. The molecule has 2 aromatic heterocycles. The average Bonchev–Trinajstić information content (AvgIpc) is 2.75. The highest BCUT2D eigenvalue weighted by Gasteiger charge is 2.20. The second kappa shape index (κ2) is 6.85. The van der Waals surface area contributed by atoms with Gasteiger partial charge in [-0.3, -0.25) is 0 Å². The Bertz CT molecular complexity index is 1530. The molecule has 0 aliphatic heterocycles. The van der Waals surface area contributed by atoms with Crippen LogP contribution >= 0.6 is 0 Å². The Labute approximate surface area is 172 Å². The number of aryl methyl sites for hydroxylation is 2. The number of fused-ring (bicyclic) bond motifs is 3. The third kappa shape index (κ3) is 2.69. The van der Waals surface area contributed by atoms with Crippen molar-refractivity contribution in [2.45, 2.75) is 13.8 Å². The van der Waals surface area contributed by atoms with Crippen LogP contribution in [0.5, 0.6) is 0 Å². The van der Waals surface area contributed by atoms with Crippen molar-refractivity contribution in [3.8, 4) is 22.3 Å². The highest BCUT2D eigenvalue weighted by molar-refractivity contribution is 6.07. The van der Waals surface area contributed by atoms with Gasteiger partial charge in [0.2, 0.25) is 0 Å². The Morgan fingerprint density at radius 3 is 1.73 bits per heavy atom. The maximum atomic E-state index is 13.0. The zero-order chi connectivity index (χ0) is 20.8. The Morgan fingerprint density at radius 2 is 1.13 bits per heavy atom. The fourth-order valence-electron chi connectivity index (χ4n) is 4.14. The summed E-state index contributed by atoms with van der Waals surface area (Å²) in [5.41, 5.74) is 4.18. The van der Waals surface area contributed by atoms with Crippen LogP contribution in [0.1, 0.15) is 11.1 Å². The Morgan fingerprint density at radius 1 is 0.600 bits per heavy atom. The highest BCUT2D eigenvalue weighted by atomic mass is 16.4. The van der Waals surface area contributed by atoms with Crippen LogP contribution in [0.4, 0.5) is 0 Å². The van der Waals surface area contributed by atoms with Crippen molar-refractivity contribution in [3.63, 3.8) is 0 Å². The van der Waals surface area contributed by atoms with Crippen LogP contribution in [0.15, 0.2) is 91.2 Å². The predicted octanol–water partition coefficient (Wildman–Crippen LogP) is 5.85. The topological polar surface area (TPSA) is 60.4 Å². The average molecular weight is 394 g/mol. The molecule has 0 bridgehead atoms. The van der Waals surface area contributed by atoms with Crippen molar-refractivity contribution in [1.82, 2.24) is 0 Å². The van der Waals surface area contributed by atoms with E-state index >= 15 is 0 Å². The molecule has 146 valence electrons. The molecule has 3 aromatic carbocycles. The standard InChI is InChI=1S/C26H18O4/c1-15-19-13-14-20-23(16(2)22(25(27)29-20)18-11-7-4-8-12-18)24(19)30-26(28)21(15)17-9-5-3-6-10-17/h3-14H,1-2H3. The van der Waals surface area contributed by atoms with Crippen LogP contribution in [-0.4, -0.2) is 0 Å². The first-order valence-electron chi connectivity index (χ1n) is 9.71. The van der Waals surface area contributed by atoms with Gasteiger partial charge in [-0.25, -0.2) is 9.59 Å². The SMILES string of the molecule is Cc1c(-c2ccccc2)c(=O)oc2c1ccc1oc(=O)c(-c3ccccc3)c(C)c12. The summed E-state index contributed by atoms with van der Waals surface area (Å²) in [4.78, 5) is 25.7. The summed E-state index contributed by atoms with van der Waals surface area (Å²) in [6.45, 7) is 3.78. The Balaban J connectivity index is 1.91. The van der Waals surface area contributed by atoms with E-state index in [-0.39, 0.29) is 0 Å². The molecular formula is C26H18O4. The first-order chi connectivity index (χ1) is 14.6. The van der Waals surface area contributed by atoms with E-state index in [4.69, 9.17) is 8.83 Å². The molecule has 4 heteroatoms. The lowest BCUT2D eigenvalue weighted by Gasteiger charge is -2.12. The molecule has 0 radical (unpaired) electrons. The fraction of sp³-hybridized carbons (Fsp3) is 0.0769. The summed E-state index contributed by atoms with van der Waals surface area (Å²) < 4.78 is 11.4. The molecular weight excluding hydrogens is 376 g/mol. The minimum absolute atomic E-state index is 0.402. The molecule has 0 fully saturated rings. The van der Waals surface area contributed by atoms with Crippen LogP contribution in [0.2, 0.25) is 0 Å². The van der Waals surface area contributed by atoms with Gasteiger partial charge in [-0.2, -0.15) is 0 Å². The molecule has 0 saturated heterocycles. The molecule has 0 unspecified atom stereocenters. The molecule has 0 aliphatic rings. The van der Waals surface area contributed by atoms with Gasteiger partial charge >= 0.3 is 11.3 Å². The Hall–Kier alpha value is -3.92. The van der Waals surface area contributed by atoms with Gasteiger partial charge in [-0.1, -0.05) is 60.7 Å². The molecule has 0 spiro atoms. The minimum Gasteiger partial charge on any atom is -0.422 e. The maximum Gasteiger partial charge on any atom is 0.344 e. The zero-order valence-corrected chi connectivity index (χ0v) is 16.6. The van der Waals surface area contributed by atoms with Crippen LogP contribution < -0.4 is 11.3 Å². The molecule has 2 heterocycles. The summed E-state index contributed by atoms with van der Waals surface area (Å²) >= 11 is 0. The monoisotopic (exact) mass is 394 g/mol. The van der Waals surface area contributed by atoms with Crippen molar-refractivity contribution < 1.29 is 8.83 Å². The summed E-state index contributed by atoms with van der Waals surface area (Å²) in [6, 6.07) is 22.5. The number of hydrogen-bond acceptors (Lipinski definition) is 4. The summed E-state index contributed by atoms with van der Waals surface area (Å²) in [5, 5.41) is 1.46. The molecule has 5 rings (SSSR count). The van der Waals surface area contributed by atoms with Gasteiger partial charge < -0.3 is 8.83 Å². The summed E-state index contributed by atoms with van der Waals surface area (Å²) in [6.07, 6.45) is 0. The second-order valence-corrected chi connectivity index (χ2v) is 7.33. The largest absolute Gasteiger partial charge is 0.422 e. The first-order valence-corrected chi connectivity index (χ1v) is 9.71. The van der Waals surface area contributed by atoms with Gasteiger partial charge in [-0.05, 0) is 48.2 Å². The van der Waals surface area contributed by atoms with E-state index in [1.807, 2.05) is 80.6 Å². The predicted molar refractivity (Wildman–Crippen MR) is 119 cm³/mol. The molecule has 0 atom stereocenters. The van der Waals surface area contributed by atoms with Crippen molar-refractivity contribution in [2.75, 3.05) is 0 Å². The minimum atomic E-state index is -0.412. The van der Waals surface area contributed by atoms with Gasteiger partial charge in [0.1, 0.15) is 11.2 Å².